The highest BCUT2D eigenvalue weighted by Gasteiger charge is 2.11. The van der Waals surface area contributed by atoms with Gasteiger partial charge in [0.15, 0.2) is 0 Å². The standard InChI is InChI=1S/C14H18ClN3/c1-10(2)14(16)12-4-6-18(9-12)8-11-3-5-17-7-13(11)15/h3-7,9-10,14H,8,16H2,1-2H3. The quantitative estimate of drug-likeness (QED) is 0.920. The fourth-order valence-electron chi connectivity index (χ4n) is 1.87. The summed E-state index contributed by atoms with van der Waals surface area (Å²) in [5, 5.41) is 0.695. The molecule has 1 unspecified atom stereocenters. The lowest BCUT2D eigenvalue weighted by atomic mass is 10.00. The highest BCUT2D eigenvalue weighted by atomic mass is 35.5. The van der Waals surface area contributed by atoms with E-state index in [0.29, 0.717) is 10.9 Å². The lowest BCUT2D eigenvalue weighted by molar-refractivity contribution is 0.513. The lowest BCUT2D eigenvalue weighted by Gasteiger charge is -2.13. The largest absolute Gasteiger partial charge is 0.350 e. The number of aromatic nitrogens is 2. The third-order valence-electron chi connectivity index (χ3n) is 3.09. The first kappa shape index (κ1) is 13.1. The van der Waals surface area contributed by atoms with Crippen LogP contribution in [0.15, 0.2) is 36.9 Å². The van der Waals surface area contributed by atoms with Gasteiger partial charge in [0.05, 0.1) is 5.02 Å². The molecule has 96 valence electrons. The molecule has 0 aliphatic carbocycles. The molecule has 2 aromatic rings. The normalized spacial score (nSPS) is 12.9. The number of hydrogen-bond donors (Lipinski definition) is 1. The molecule has 0 spiro atoms. The highest BCUT2D eigenvalue weighted by molar-refractivity contribution is 6.31. The van der Waals surface area contributed by atoms with Crippen LogP contribution in [0, 0.1) is 5.92 Å². The van der Waals surface area contributed by atoms with Crippen molar-refractivity contribution < 1.29 is 0 Å². The minimum atomic E-state index is 0.0826. The molecule has 4 heteroatoms. The zero-order valence-corrected chi connectivity index (χ0v) is 11.4. The fraction of sp³-hybridized carbons (Fsp3) is 0.357. The van der Waals surface area contributed by atoms with Crippen molar-refractivity contribution in [3.63, 3.8) is 0 Å². The summed E-state index contributed by atoms with van der Waals surface area (Å²) in [5.41, 5.74) is 8.35. The van der Waals surface area contributed by atoms with Crippen molar-refractivity contribution in [3.05, 3.63) is 53.1 Å². The van der Waals surface area contributed by atoms with Crippen molar-refractivity contribution in [2.75, 3.05) is 0 Å². The summed E-state index contributed by atoms with van der Waals surface area (Å²) in [6, 6.07) is 4.09. The van der Waals surface area contributed by atoms with Crippen LogP contribution < -0.4 is 5.73 Å². The second-order valence-electron chi connectivity index (χ2n) is 4.85. The molecule has 1 atom stereocenters. The number of rotatable bonds is 4. The zero-order chi connectivity index (χ0) is 13.1. The molecule has 0 aliphatic rings. The van der Waals surface area contributed by atoms with Crippen LogP contribution in [0.3, 0.4) is 0 Å². The Morgan fingerprint density at radius 2 is 2.17 bits per heavy atom. The van der Waals surface area contributed by atoms with Crippen LogP contribution in [0.2, 0.25) is 5.02 Å². The van der Waals surface area contributed by atoms with E-state index in [1.165, 1.54) is 0 Å². The Hall–Kier alpha value is -1.32. The second kappa shape index (κ2) is 5.55. The Balaban J connectivity index is 2.14. The molecule has 0 bridgehead atoms. The summed E-state index contributed by atoms with van der Waals surface area (Å²) in [7, 11) is 0. The number of halogens is 1. The minimum absolute atomic E-state index is 0.0826. The van der Waals surface area contributed by atoms with Gasteiger partial charge in [0.1, 0.15) is 0 Å². The molecule has 0 radical (unpaired) electrons. The Morgan fingerprint density at radius 1 is 1.39 bits per heavy atom. The average Bonchev–Trinajstić information content (AvgIpc) is 2.79. The SMILES string of the molecule is CC(C)C(N)c1ccn(Cc2ccncc2Cl)c1. The second-order valence-corrected chi connectivity index (χ2v) is 5.26. The Labute approximate surface area is 113 Å². The van der Waals surface area contributed by atoms with Gasteiger partial charge >= 0.3 is 0 Å². The van der Waals surface area contributed by atoms with Crippen molar-refractivity contribution in [3.8, 4) is 0 Å². The summed E-state index contributed by atoms with van der Waals surface area (Å²) >= 11 is 6.09. The van der Waals surface area contributed by atoms with E-state index in [1.807, 2.05) is 12.3 Å². The maximum absolute atomic E-state index is 6.13. The predicted octanol–water partition coefficient (Wildman–Crippen LogP) is 3.24. The van der Waals surface area contributed by atoms with Crippen LogP contribution in [-0.4, -0.2) is 9.55 Å². The molecular formula is C14H18ClN3. The van der Waals surface area contributed by atoms with E-state index < -0.39 is 0 Å². The zero-order valence-electron chi connectivity index (χ0n) is 10.7. The monoisotopic (exact) mass is 263 g/mol. The molecule has 2 heterocycles. The van der Waals surface area contributed by atoms with E-state index >= 15 is 0 Å². The molecule has 2 rings (SSSR count). The summed E-state index contributed by atoms with van der Waals surface area (Å²) in [6.07, 6.45) is 7.54. The molecule has 3 nitrogen and oxygen atoms in total. The van der Waals surface area contributed by atoms with Crippen LogP contribution in [0.5, 0.6) is 0 Å². The number of pyridine rings is 1. The third-order valence-corrected chi connectivity index (χ3v) is 3.43. The van der Waals surface area contributed by atoms with E-state index in [-0.39, 0.29) is 6.04 Å². The summed E-state index contributed by atoms with van der Waals surface area (Å²) in [6.45, 7) is 5.00. The molecular weight excluding hydrogens is 246 g/mol. The maximum Gasteiger partial charge on any atom is 0.0639 e. The lowest BCUT2D eigenvalue weighted by Crippen LogP contribution is -2.15. The minimum Gasteiger partial charge on any atom is -0.350 e. The topological polar surface area (TPSA) is 43.8 Å². The molecule has 2 aromatic heterocycles. The van der Waals surface area contributed by atoms with Crippen LogP contribution in [-0.2, 0) is 6.54 Å². The van der Waals surface area contributed by atoms with E-state index in [2.05, 4.69) is 35.7 Å². The number of nitrogens with two attached hydrogens (primary N) is 1. The molecule has 0 saturated carbocycles. The first-order chi connectivity index (χ1) is 8.58. The molecule has 0 amide bonds. The summed E-state index contributed by atoms with van der Waals surface area (Å²) < 4.78 is 2.10. The van der Waals surface area contributed by atoms with Crippen molar-refractivity contribution in [1.82, 2.24) is 9.55 Å². The first-order valence-corrected chi connectivity index (χ1v) is 6.45. The predicted molar refractivity (Wildman–Crippen MR) is 74.5 cm³/mol. The van der Waals surface area contributed by atoms with Gasteiger partial charge in [-0.25, -0.2) is 0 Å². The van der Waals surface area contributed by atoms with Gasteiger partial charge in [-0.2, -0.15) is 0 Å². The number of nitrogens with zero attached hydrogens (tertiary/aromatic N) is 2. The van der Waals surface area contributed by atoms with Gasteiger partial charge in [-0.3, -0.25) is 4.98 Å². The van der Waals surface area contributed by atoms with Crippen molar-refractivity contribution in [1.29, 1.82) is 0 Å². The van der Waals surface area contributed by atoms with Crippen LogP contribution in [0.1, 0.15) is 31.0 Å². The summed E-state index contributed by atoms with van der Waals surface area (Å²) in [4.78, 5) is 3.98. The van der Waals surface area contributed by atoms with E-state index in [1.54, 1.807) is 12.4 Å². The third kappa shape index (κ3) is 2.92. The molecule has 0 aromatic carbocycles. The molecule has 0 fully saturated rings. The fourth-order valence-corrected chi connectivity index (χ4v) is 2.05. The van der Waals surface area contributed by atoms with Gasteiger partial charge in [0.2, 0.25) is 0 Å². The average molecular weight is 264 g/mol. The van der Waals surface area contributed by atoms with Gasteiger partial charge < -0.3 is 10.3 Å². The van der Waals surface area contributed by atoms with Crippen molar-refractivity contribution in [2.24, 2.45) is 11.7 Å². The Kier molecular flexibility index (Phi) is 4.04. The van der Waals surface area contributed by atoms with E-state index in [0.717, 1.165) is 17.7 Å². The maximum atomic E-state index is 6.13. The first-order valence-electron chi connectivity index (χ1n) is 6.07. The van der Waals surface area contributed by atoms with Gasteiger partial charge in [0.25, 0.3) is 0 Å². The van der Waals surface area contributed by atoms with E-state index in [4.69, 9.17) is 17.3 Å². The molecule has 2 N–H and O–H groups in total. The Bertz CT molecular complexity index is 519. The number of hydrogen-bond acceptors (Lipinski definition) is 2. The van der Waals surface area contributed by atoms with Gasteiger partial charge in [-0.1, -0.05) is 25.4 Å². The van der Waals surface area contributed by atoms with Crippen LogP contribution in [0.25, 0.3) is 0 Å². The van der Waals surface area contributed by atoms with Crippen molar-refractivity contribution in [2.45, 2.75) is 26.4 Å². The van der Waals surface area contributed by atoms with Crippen LogP contribution in [0.4, 0.5) is 0 Å². The van der Waals surface area contributed by atoms with E-state index in [9.17, 15) is 0 Å². The Morgan fingerprint density at radius 3 is 2.83 bits per heavy atom. The molecule has 18 heavy (non-hydrogen) atoms. The van der Waals surface area contributed by atoms with Crippen molar-refractivity contribution >= 4 is 11.6 Å². The summed E-state index contributed by atoms with van der Waals surface area (Å²) in [5.74, 6) is 0.436. The highest BCUT2D eigenvalue weighted by Crippen LogP contribution is 2.20. The van der Waals surface area contributed by atoms with Gasteiger partial charge in [0, 0.05) is 37.4 Å². The van der Waals surface area contributed by atoms with Gasteiger partial charge in [-0.05, 0) is 29.2 Å². The van der Waals surface area contributed by atoms with Gasteiger partial charge in [-0.15, -0.1) is 0 Å². The smallest absolute Gasteiger partial charge is 0.0639 e. The van der Waals surface area contributed by atoms with Crippen LogP contribution >= 0.6 is 11.6 Å². The molecule has 0 aliphatic heterocycles. The molecule has 0 saturated heterocycles.